The predicted molar refractivity (Wildman–Crippen MR) is 125 cm³/mol. The van der Waals surface area contributed by atoms with Gasteiger partial charge in [0.2, 0.25) is 11.8 Å². The van der Waals surface area contributed by atoms with Crippen LogP contribution in [0.4, 0.5) is 11.5 Å². The van der Waals surface area contributed by atoms with E-state index in [1.54, 1.807) is 6.20 Å². The van der Waals surface area contributed by atoms with Crippen LogP contribution in [0.2, 0.25) is 0 Å². The van der Waals surface area contributed by atoms with Crippen molar-refractivity contribution in [1.82, 2.24) is 4.98 Å². The van der Waals surface area contributed by atoms with Crippen LogP contribution < -0.4 is 20.7 Å². The van der Waals surface area contributed by atoms with Gasteiger partial charge in [-0.15, -0.1) is 0 Å². The van der Waals surface area contributed by atoms with Crippen LogP contribution >= 0.6 is 0 Å². The number of rotatable bonds is 8. The number of carbonyl (C=O) groups is 2. The van der Waals surface area contributed by atoms with E-state index in [2.05, 4.69) is 15.2 Å². The van der Waals surface area contributed by atoms with E-state index in [1.165, 1.54) is 12.8 Å². The van der Waals surface area contributed by atoms with Crippen LogP contribution in [-0.4, -0.2) is 36.0 Å². The molecule has 32 heavy (non-hydrogen) atoms. The Morgan fingerprint density at radius 1 is 1.12 bits per heavy atom. The third kappa shape index (κ3) is 5.99. The molecule has 0 spiro atoms. The molecule has 1 saturated carbocycles. The number of nitrogens with two attached hydrogens (primary N) is 1. The van der Waals surface area contributed by atoms with Crippen molar-refractivity contribution in [2.75, 3.05) is 23.3 Å². The molecule has 7 nitrogen and oxygen atoms in total. The van der Waals surface area contributed by atoms with Crippen LogP contribution in [0.3, 0.4) is 0 Å². The molecule has 7 heteroatoms. The number of nitrogens with one attached hydrogen (secondary N) is 1. The van der Waals surface area contributed by atoms with E-state index in [4.69, 9.17) is 10.5 Å². The second-order valence-corrected chi connectivity index (χ2v) is 8.81. The molecule has 1 saturated heterocycles. The fraction of sp³-hybridized carbons (Fsp3) is 0.480. The first kappa shape index (κ1) is 22.1. The van der Waals surface area contributed by atoms with Gasteiger partial charge < -0.3 is 20.7 Å². The Morgan fingerprint density at radius 3 is 2.72 bits per heavy atom. The zero-order valence-electron chi connectivity index (χ0n) is 18.5. The number of hydrogen-bond acceptors (Lipinski definition) is 5. The fourth-order valence-corrected chi connectivity index (χ4v) is 4.52. The number of aromatic nitrogens is 1. The van der Waals surface area contributed by atoms with Crippen molar-refractivity contribution < 1.29 is 14.3 Å². The largest absolute Gasteiger partial charge is 0.490 e. The minimum Gasteiger partial charge on any atom is -0.490 e. The predicted octanol–water partition coefficient (Wildman–Crippen LogP) is 3.68. The number of benzene rings is 1. The maximum atomic E-state index is 12.4. The van der Waals surface area contributed by atoms with E-state index in [0.717, 1.165) is 49.4 Å². The lowest BCUT2D eigenvalue weighted by Gasteiger charge is -2.32. The summed E-state index contributed by atoms with van der Waals surface area (Å²) in [4.78, 5) is 30.5. The van der Waals surface area contributed by atoms with Gasteiger partial charge in [0, 0.05) is 19.5 Å². The maximum Gasteiger partial charge on any atom is 0.224 e. The Bertz CT molecular complexity index is 925. The molecule has 4 rings (SSSR count). The van der Waals surface area contributed by atoms with Gasteiger partial charge in [-0.25, -0.2) is 4.98 Å². The molecule has 2 fully saturated rings. The quantitative estimate of drug-likeness (QED) is 0.658. The highest BCUT2D eigenvalue weighted by Gasteiger charge is 2.24. The summed E-state index contributed by atoms with van der Waals surface area (Å²) in [6.07, 6.45) is 9.52. The summed E-state index contributed by atoms with van der Waals surface area (Å²) in [6.45, 7) is 1.45. The highest BCUT2D eigenvalue weighted by Crippen LogP contribution is 2.25. The van der Waals surface area contributed by atoms with Crippen molar-refractivity contribution in [3.8, 4) is 5.75 Å². The molecule has 2 heterocycles. The van der Waals surface area contributed by atoms with Gasteiger partial charge in [0.1, 0.15) is 11.6 Å². The minimum atomic E-state index is -0.255. The first-order valence-electron chi connectivity index (χ1n) is 11.6. The van der Waals surface area contributed by atoms with Crippen LogP contribution in [0.5, 0.6) is 5.75 Å². The van der Waals surface area contributed by atoms with Gasteiger partial charge in [0.15, 0.2) is 0 Å². The number of nitrogens with zero attached hydrogens (tertiary/aromatic N) is 2. The van der Waals surface area contributed by atoms with E-state index in [-0.39, 0.29) is 17.7 Å². The van der Waals surface area contributed by atoms with Gasteiger partial charge in [0.25, 0.3) is 0 Å². The molecule has 0 radical (unpaired) electrons. The van der Waals surface area contributed by atoms with Crippen LogP contribution in [0.25, 0.3) is 0 Å². The van der Waals surface area contributed by atoms with Crippen LogP contribution in [0.15, 0.2) is 42.6 Å². The number of piperidine rings is 1. The minimum absolute atomic E-state index is 0.0478. The molecule has 2 amide bonds. The van der Waals surface area contributed by atoms with Crippen molar-refractivity contribution in [3.05, 3.63) is 48.2 Å². The molecule has 1 aromatic heterocycles. The van der Waals surface area contributed by atoms with Gasteiger partial charge >= 0.3 is 0 Å². The summed E-state index contributed by atoms with van der Waals surface area (Å²) < 4.78 is 6.06. The number of primary amides is 1. The van der Waals surface area contributed by atoms with Gasteiger partial charge in [0.05, 0.1) is 23.9 Å². The van der Waals surface area contributed by atoms with Crippen molar-refractivity contribution in [3.63, 3.8) is 0 Å². The average Bonchev–Trinajstić information content (AvgIpc) is 3.32. The first-order valence-corrected chi connectivity index (χ1v) is 11.6. The number of hydrogen-bond donors (Lipinski definition) is 2. The van der Waals surface area contributed by atoms with E-state index < -0.39 is 0 Å². The van der Waals surface area contributed by atoms with Crippen molar-refractivity contribution >= 4 is 23.3 Å². The second kappa shape index (κ2) is 10.5. The maximum absolute atomic E-state index is 12.4. The fourth-order valence-electron chi connectivity index (χ4n) is 4.52. The molecule has 3 N–H and O–H groups in total. The van der Waals surface area contributed by atoms with Crippen molar-refractivity contribution in [1.29, 1.82) is 0 Å². The number of carbonyl (C=O) groups excluding carboxylic acids is 2. The van der Waals surface area contributed by atoms with Gasteiger partial charge in [-0.05, 0) is 74.8 Å². The zero-order chi connectivity index (χ0) is 22.3. The molecule has 1 unspecified atom stereocenters. The SMILES string of the molecule is NC(=O)C1CCCN(c2ccc(NC(=O)CCc3cccc(OC4CCCC4)c3)cn2)C1. The lowest BCUT2D eigenvalue weighted by molar-refractivity contribution is -0.122. The standard InChI is InChI=1S/C25H32N4O3/c26-25(31)19-6-4-14-29(17-19)23-12-11-20(16-27-23)28-24(30)13-10-18-5-3-9-22(15-18)32-21-7-1-2-8-21/h3,5,9,11-12,15-16,19,21H,1-2,4,6-8,10,13-14,17H2,(H2,26,31)(H,28,30). The number of aryl methyl sites for hydroxylation is 1. The Morgan fingerprint density at radius 2 is 1.97 bits per heavy atom. The third-order valence-electron chi connectivity index (χ3n) is 6.32. The van der Waals surface area contributed by atoms with Crippen LogP contribution in [0.1, 0.15) is 50.5 Å². The van der Waals surface area contributed by atoms with Crippen LogP contribution in [-0.2, 0) is 16.0 Å². The lowest BCUT2D eigenvalue weighted by atomic mass is 9.97. The Kier molecular flexibility index (Phi) is 7.24. The first-order chi connectivity index (χ1) is 15.6. The molecule has 1 atom stereocenters. The Balaban J connectivity index is 1.26. The summed E-state index contributed by atoms with van der Waals surface area (Å²) in [5, 5.41) is 2.92. The highest BCUT2D eigenvalue weighted by molar-refractivity contribution is 5.90. The summed E-state index contributed by atoms with van der Waals surface area (Å²) in [6, 6.07) is 11.8. The molecule has 2 aliphatic rings. The summed E-state index contributed by atoms with van der Waals surface area (Å²) >= 11 is 0. The van der Waals surface area contributed by atoms with E-state index in [9.17, 15) is 9.59 Å². The highest BCUT2D eigenvalue weighted by atomic mass is 16.5. The number of ether oxygens (including phenoxy) is 1. The molecular weight excluding hydrogens is 404 g/mol. The molecule has 2 aromatic rings. The molecule has 0 bridgehead atoms. The third-order valence-corrected chi connectivity index (χ3v) is 6.32. The molecule has 1 aliphatic heterocycles. The van der Waals surface area contributed by atoms with E-state index in [1.807, 2.05) is 36.4 Å². The zero-order valence-corrected chi connectivity index (χ0v) is 18.5. The van der Waals surface area contributed by atoms with E-state index in [0.29, 0.717) is 31.2 Å². The summed E-state index contributed by atoms with van der Waals surface area (Å²) in [5.74, 6) is 1.26. The van der Waals surface area contributed by atoms with Gasteiger partial charge in [-0.2, -0.15) is 0 Å². The molecule has 170 valence electrons. The van der Waals surface area contributed by atoms with Gasteiger partial charge in [-0.3, -0.25) is 9.59 Å². The monoisotopic (exact) mass is 436 g/mol. The second-order valence-electron chi connectivity index (χ2n) is 8.81. The topological polar surface area (TPSA) is 97.6 Å². The Hall–Kier alpha value is -3.09. The molecule has 1 aliphatic carbocycles. The molecule has 1 aromatic carbocycles. The number of amides is 2. The number of pyridine rings is 1. The Labute approximate surface area is 189 Å². The number of anilines is 2. The normalized spacial score (nSPS) is 19.0. The smallest absolute Gasteiger partial charge is 0.224 e. The van der Waals surface area contributed by atoms with Crippen LogP contribution in [0, 0.1) is 5.92 Å². The van der Waals surface area contributed by atoms with E-state index >= 15 is 0 Å². The average molecular weight is 437 g/mol. The summed E-state index contributed by atoms with van der Waals surface area (Å²) in [7, 11) is 0. The van der Waals surface area contributed by atoms with Crippen molar-refractivity contribution in [2.24, 2.45) is 11.7 Å². The van der Waals surface area contributed by atoms with Gasteiger partial charge in [-0.1, -0.05) is 12.1 Å². The summed E-state index contributed by atoms with van der Waals surface area (Å²) in [5.41, 5.74) is 7.22. The lowest BCUT2D eigenvalue weighted by Crippen LogP contribution is -2.41. The molecular formula is C25H32N4O3. The van der Waals surface area contributed by atoms with Crippen molar-refractivity contribution in [2.45, 2.75) is 57.5 Å².